The molecule has 2 aliphatic rings. The van der Waals surface area contributed by atoms with E-state index in [1.165, 1.54) is 50.0 Å². The zero-order chi connectivity index (χ0) is 12.8. The Balaban J connectivity index is 1.95. The summed E-state index contributed by atoms with van der Waals surface area (Å²) < 4.78 is 0. The van der Waals surface area contributed by atoms with Gasteiger partial charge in [0.15, 0.2) is 0 Å². The van der Waals surface area contributed by atoms with E-state index < -0.39 is 0 Å². The van der Waals surface area contributed by atoms with E-state index >= 15 is 0 Å². The highest BCUT2D eigenvalue weighted by Gasteiger charge is 2.20. The third kappa shape index (κ3) is 4.62. The van der Waals surface area contributed by atoms with Crippen LogP contribution in [0.4, 0.5) is 0 Å². The first-order valence-corrected chi connectivity index (χ1v) is 8.93. The fraction of sp³-hybridized carbons (Fsp3) is 0.875. The van der Waals surface area contributed by atoms with Crippen molar-refractivity contribution in [3.05, 3.63) is 11.6 Å². The van der Waals surface area contributed by atoms with Gasteiger partial charge in [0.2, 0.25) is 0 Å². The Bertz CT molecular complexity index is 260. The van der Waals surface area contributed by atoms with Gasteiger partial charge < -0.3 is 5.32 Å². The second-order valence-corrected chi connectivity index (χ2v) is 7.39. The normalized spacial score (nSPS) is 27.1. The van der Waals surface area contributed by atoms with Gasteiger partial charge in [0.25, 0.3) is 0 Å². The summed E-state index contributed by atoms with van der Waals surface area (Å²) in [6, 6.07) is 0.606. The van der Waals surface area contributed by atoms with Crippen molar-refractivity contribution in [2.45, 2.75) is 58.4 Å². The number of thioether (sulfide) groups is 1. The fourth-order valence-corrected chi connectivity index (χ4v) is 4.32. The molecule has 0 aromatic rings. The molecule has 2 fully saturated rings. The molecule has 1 aliphatic carbocycles. The minimum atomic E-state index is 0.606. The highest BCUT2D eigenvalue weighted by Crippen LogP contribution is 2.32. The Labute approximate surface area is 117 Å². The van der Waals surface area contributed by atoms with E-state index in [1.54, 1.807) is 5.57 Å². The van der Waals surface area contributed by atoms with Crippen LogP contribution in [0.25, 0.3) is 0 Å². The van der Waals surface area contributed by atoms with Crippen LogP contribution in [-0.4, -0.2) is 24.1 Å². The molecular formula is C16H29NS. The van der Waals surface area contributed by atoms with Gasteiger partial charge >= 0.3 is 0 Å². The first-order valence-electron chi connectivity index (χ1n) is 7.77. The first kappa shape index (κ1) is 14.5. The Morgan fingerprint density at radius 3 is 2.61 bits per heavy atom. The largest absolute Gasteiger partial charge is 0.311 e. The SMILES string of the molecule is CC(C)NCC(=CC1CCSC1)C1CCCCC1. The zero-order valence-corrected chi connectivity index (χ0v) is 12.9. The van der Waals surface area contributed by atoms with E-state index in [0.29, 0.717) is 6.04 Å². The topological polar surface area (TPSA) is 12.0 Å². The van der Waals surface area contributed by atoms with Gasteiger partial charge in [-0.25, -0.2) is 0 Å². The first-order chi connectivity index (χ1) is 8.75. The van der Waals surface area contributed by atoms with Crippen LogP contribution >= 0.6 is 11.8 Å². The van der Waals surface area contributed by atoms with Gasteiger partial charge in [0.05, 0.1) is 0 Å². The molecule has 0 spiro atoms. The molecule has 0 aromatic carbocycles. The van der Waals surface area contributed by atoms with Crippen molar-refractivity contribution in [1.82, 2.24) is 5.32 Å². The second-order valence-electron chi connectivity index (χ2n) is 6.24. The van der Waals surface area contributed by atoms with Crippen LogP contribution in [-0.2, 0) is 0 Å². The Hall–Kier alpha value is 0.0500. The van der Waals surface area contributed by atoms with Crippen molar-refractivity contribution >= 4 is 11.8 Å². The van der Waals surface area contributed by atoms with Crippen LogP contribution in [0.15, 0.2) is 11.6 Å². The van der Waals surface area contributed by atoms with Crippen molar-refractivity contribution in [2.24, 2.45) is 11.8 Å². The van der Waals surface area contributed by atoms with Crippen LogP contribution in [0.5, 0.6) is 0 Å². The van der Waals surface area contributed by atoms with Crippen molar-refractivity contribution in [3.8, 4) is 0 Å². The molecule has 18 heavy (non-hydrogen) atoms. The monoisotopic (exact) mass is 267 g/mol. The highest BCUT2D eigenvalue weighted by atomic mass is 32.2. The van der Waals surface area contributed by atoms with Crippen LogP contribution in [0.1, 0.15) is 52.4 Å². The number of nitrogens with one attached hydrogen (secondary N) is 1. The molecule has 2 rings (SSSR count). The molecule has 1 N–H and O–H groups in total. The lowest BCUT2D eigenvalue weighted by molar-refractivity contribution is 0.390. The van der Waals surface area contributed by atoms with E-state index in [9.17, 15) is 0 Å². The molecule has 1 nitrogen and oxygen atoms in total. The van der Waals surface area contributed by atoms with Crippen molar-refractivity contribution < 1.29 is 0 Å². The number of rotatable bonds is 5. The molecular weight excluding hydrogens is 238 g/mol. The summed E-state index contributed by atoms with van der Waals surface area (Å²) in [6.07, 6.45) is 11.3. The van der Waals surface area contributed by atoms with Crippen molar-refractivity contribution in [2.75, 3.05) is 18.1 Å². The lowest BCUT2D eigenvalue weighted by Gasteiger charge is -2.26. The lowest BCUT2D eigenvalue weighted by Crippen LogP contribution is -2.28. The van der Waals surface area contributed by atoms with Crippen molar-refractivity contribution in [3.63, 3.8) is 0 Å². The maximum atomic E-state index is 3.64. The molecule has 2 heteroatoms. The number of hydrogen-bond acceptors (Lipinski definition) is 2. The Morgan fingerprint density at radius 2 is 2.00 bits per heavy atom. The van der Waals surface area contributed by atoms with E-state index in [-0.39, 0.29) is 0 Å². The number of hydrogen-bond donors (Lipinski definition) is 1. The van der Waals surface area contributed by atoms with Crippen LogP contribution in [0, 0.1) is 11.8 Å². The van der Waals surface area contributed by atoms with Gasteiger partial charge in [-0.1, -0.05) is 44.8 Å². The summed E-state index contributed by atoms with van der Waals surface area (Å²) in [6.45, 7) is 5.64. The molecule has 1 heterocycles. The molecule has 1 saturated carbocycles. The highest BCUT2D eigenvalue weighted by molar-refractivity contribution is 7.99. The van der Waals surface area contributed by atoms with E-state index in [0.717, 1.165) is 18.4 Å². The van der Waals surface area contributed by atoms with Gasteiger partial charge in [-0.15, -0.1) is 0 Å². The quantitative estimate of drug-likeness (QED) is 0.748. The van der Waals surface area contributed by atoms with Crippen LogP contribution in [0.3, 0.4) is 0 Å². The molecule has 1 atom stereocenters. The standard InChI is InChI=1S/C16H29NS/c1-13(2)17-11-16(10-14-8-9-18-12-14)15-6-4-3-5-7-15/h10,13-15,17H,3-9,11-12H2,1-2H3. The van der Waals surface area contributed by atoms with E-state index in [4.69, 9.17) is 0 Å². The lowest BCUT2D eigenvalue weighted by atomic mass is 9.82. The predicted octanol–water partition coefficient (Wildman–Crippen LogP) is 4.24. The minimum absolute atomic E-state index is 0.606. The molecule has 0 amide bonds. The molecule has 0 bridgehead atoms. The predicted molar refractivity (Wildman–Crippen MR) is 83.2 cm³/mol. The molecule has 0 radical (unpaired) electrons. The zero-order valence-electron chi connectivity index (χ0n) is 12.1. The van der Waals surface area contributed by atoms with Gasteiger partial charge in [-0.3, -0.25) is 0 Å². The smallest absolute Gasteiger partial charge is 0.0169 e. The van der Waals surface area contributed by atoms with Gasteiger partial charge in [0.1, 0.15) is 0 Å². The summed E-state index contributed by atoms with van der Waals surface area (Å²) in [7, 11) is 0. The van der Waals surface area contributed by atoms with Crippen LogP contribution < -0.4 is 5.32 Å². The molecule has 104 valence electrons. The maximum Gasteiger partial charge on any atom is 0.0169 e. The average Bonchev–Trinajstić information content (AvgIpc) is 2.88. The third-order valence-electron chi connectivity index (χ3n) is 4.26. The summed E-state index contributed by atoms with van der Waals surface area (Å²) in [4.78, 5) is 0. The summed E-state index contributed by atoms with van der Waals surface area (Å²) in [5.74, 6) is 4.48. The Morgan fingerprint density at radius 1 is 1.22 bits per heavy atom. The molecule has 0 aromatic heterocycles. The van der Waals surface area contributed by atoms with Crippen LogP contribution in [0.2, 0.25) is 0 Å². The number of allylic oxidation sites excluding steroid dienone is 1. The molecule has 1 saturated heterocycles. The van der Waals surface area contributed by atoms with Gasteiger partial charge in [-0.05, 0) is 42.6 Å². The summed E-state index contributed by atoms with van der Waals surface area (Å²) in [5.41, 5.74) is 1.73. The Kier molecular flexibility index (Phi) is 6.10. The summed E-state index contributed by atoms with van der Waals surface area (Å²) >= 11 is 2.13. The van der Waals surface area contributed by atoms with E-state index in [1.807, 2.05) is 0 Å². The minimum Gasteiger partial charge on any atom is -0.311 e. The van der Waals surface area contributed by atoms with E-state index in [2.05, 4.69) is 37.0 Å². The van der Waals surface area contributed by atoms with Crippen molar-refractivity contribution in [1.29, 1.82) is 0 Å². The fourth-order valence-electron chi connectivity index (χ4n) is 3.12. The molecule has 1 unspecified atom stereocenters. The third-order valence-corrected chi connectivity index (χ3v) is 5.45. The van der Waals surface area contributed by atoms with Gasteiger partial charge in [-0.2, -0.15) is 11.8 Å². The average molecular weight is 267 g/mol. The van der Waals surface area contributed by atoms with Gasteiger partial charge in [0, 0.05) is 12.6 Å². The maximum absolute atomic E-state index is 3.64. The molecule has 1 aliphatic heterocycles. The second kappa shape index (κ2) is 7.59. The summed E-state index contributed by atoms with van der Waals surface area (Å²) in [5, 5.41) is 3.64.